The van der Waals surface area contributed by atoms with Gasteiger partial charge in [0.25, 0.3) is 6.43 Å². The molecule has 1 amide bonds. The molecule has 0 bridgehead atoms. The van der Waals surface area contributed by atoms with Crippen molar-refractivity contribution in [3.8, 4) is 0 Å². The van der Waals surface area contributed by atoms with E-state index < -0.39 is 12.0 Å². The first-order valence-corrected chi connectivity index (χ1v) is 11.2. The van der Waals surface area contributed by atoms with Gasteiger partial charge >= 0.3 is 0 Å². The first kappa shape index (κ1) is 22.1. The molecule has 2 fully saturated rings. The van der Waals surface area contributed by atoms with Gasteiger partial charge in [0.1, 0.15) is 0 Å². The molecule has 2 aromatic rings. The first-order chi connectivity index (χ1) is 14.9. The molecule has 1 aromatic carbocycles. The lowest BCUT2D eigenvalue weighted by atomic mass is 9.77. The van der Waals surface area contributed by atoms with Gasteiger partial charge in [-0.15, -0.1) is 0 Å². The average molecular weight is 431 g/mol. The van der Waals surface area contributed by atoms with E-state index in [-0.39, 0.29) is 11.5 Å². The van der Waals surface area contributed by atoms with Crippen LogP contribution >= 0.6 is 0 Å². The normalized spacial score (nSPS) is 27.5. The number of alkyl halides is 2. The van der Waals surface area contributed by atoms with E-state index in [0.29, 0.717) is 35.7 Å². The van der Waals surface area contributed by atoms with Crippen LogP contribution in [-0.2, 0) is 10.3 Å². The smallest absolute Gasteiger partial charge is 0.265 e. The van der Waals surface area contributed by atoms with Crippen molar-refractivity contribution in [2.75, 3.05) is 33.2 Å². The molecular formula is C24H32F2N4O. The van der Waals surface area contributed by atoms with Crippen LogP contribution in [0.1, 0.15) is 50.2 Å². The number of piperidine rings is 2. The molecule has 2 N–H and O–H groups in total. The molecule has 2 aliphatic rings. The molecule has 168 valence electrons. The number of rotatable bonds is 5. The summed E-state index contributed by atoms with van der Waals surface area (Å²) < 4.78 is 27.2. The second-order valence-electron chi connectivity index (χ2n) is 9.45. The monoisotopic (exact) mass is 430 g/mol. The molecule has 5 nitrogen and oxygen atoms in total. The second-order valence-corrected chi connectivity index (χ2v) is 9.45. The average Bonchev–Trinajstić information content (AvgIpc) is 2.72. The van der Waals surface area contributed by atoms with E-state index >= 15 is 0 Å². The highest BCUT2D eigenvalue weighted by Gasteiger charge is 2.40. The molecule has 7 heteroatoms. The van der Waals surface area contributed by atoms with Gasteiger partial charge in [0, 0.05) is 36.7 Å². The number of nitrogens with zero attached hydrogens (tertiary/aromatic N) is 2. The highest BCUT2D eigenvalue weighted by atomic mass is 19.3. The fraction of sp³-hybridized carbons (Fsp3) is 0.583. The van der Waals surface area contributed by atoms with Crippen LogP contribution in [0.2, 0.25) is 0 Å². The third-order valence-corrected chi connectivity index (χ3v) is 6.74. The number of pyridine rings is 1. The van der Waals surface area contributed by atoms with Gasteiger partial charge in [-0.05, 0) is 62.9 Å². The Morgan fingerprint density at radius 3 is 2.97 bits per heavy atom. The molecule has 4 rings (SSSR count). The summed E-state index contributed by atoms with van der Waals surface area (Å²) in [6.07, 6.45) is 2.38. The van der Waals surface area contributed by atoms with Crippen molar-refractivity contribution in [2.45, 2.75) is 44.6 Å². The third-order valence-electron chi connectivity index (χ3n) is 6.74. The van der Waals surface area contributed by atoms with Gasteiger partial charge in [-0.1, -0.05) is 25.1 Å². The van der Waals surface area contributed by atoms with Gasteiger partial charge in [0.15, 0.2) is 0 Å². The topological polar surface area (TPSA) is 57.3 Å². The van der Waals surface area contributed by atoms with Crippen LogP contribution in [0, 0.1) is 11.8 Å². The maximum atomic E-state index is 13.6. The molecule has 3 heterocycles. The predicted molar refractivity (Wildman–Crippen MR) is 118 cm³/mol. The summed E-state index contributed by atoms with van der Waals surface area (Å²) in [5.74, 6) is 0.729. The Kier molecular flexibility index (Phi) is 6.53. The number of halogens is 2. The standard InChI is InChI=1S/C24H32F2N4O/c1-16-12-24(15-27-13-16,29-21(31)11-17-5-4-10-30(2)14-17)20-8-7-19(23(25)26)22-18(20)6-3-9-28-22/h3,6-9,16-17,23,27H,4-5,10-15H2,1-2H3,(H,29,31)/t16-,17?,24-/m0/s1. The zero-order valence-corrected chi connectivity index (χ0v) is 18.3. The fourth-order valence-corrected chi connectivity index (χ4v) is 5.45. The van der Waals surface area contributed by atoms with Gasteiger partial charge in [0.2, 0.25) is 5.91 Å². The summed E-state index contributed by atoms with van der Waals surface area (Å²) in [6, 6.07) is 6.85. The number of benzene rings is 1. The number of hydrogen-bond donors (Lipinski definition) is 2. The van der Waals surface area contributed by atoms with E-state index in [0.717, 1.165) is 44.5 Å². The maximum absolute atomic E-state index is 13.6. The molecule has 0 radical (unpaired) electrons. The number of fused-ring (bicyclic) bond motifs is 1. The summed E-state index contributed by atoms with van der Waals surface area (Å²) in [7, 11) is 2.10. The Morgan fingerprint density at radius 2 is 2.23 bits per heavy atom. The highest BCUT2D eigenvalue weighted by Crippen LogP contribution is 2.38. The molecule has 2 aliphatic heterocycles. The molecule has 2 saturated heterocycles. The van der Waals surface area contributed by atoms with E-state index in [9.17, 15) is 13.6 Å². The number of nitrogens with one attached hydrogen (secondary N) is 2. The minimum absolute atomic E-state index is 0.0335. The molecule has 0 saturated carbocycles. The minimum Gasteiger partial charge on any atom is -0.345 e. The van der Waals surface area contributed by atoms with Crippen LogP contribution in [0.3, 0.4) is 0 Å². The Morgan fingerprint density at radius 1 is 1.39 bits per heavy atom. The van der Waals surface area contributed by atoms with Gasteiger partial charge in [-0.2, -0.15) is 0 Å². The van der Waals surface area contributed by atoms with Crippen molar-refractivity contribution in [3.63, 3.8) is 0 Å². The molecule has 1 unspecified atom stereocenters. The van der Waals surface area contributed by atoms with Crippen molar-refractivity contribution in [2.24, 2.45) is 11.8 Å². The van der Waals surface area contributed by atoms with Crippen LogP contribution in [0.5, 0.6) is 0 Å². The number of aromatic nitrogens is 1. The molecule has 0 spiro atoms. The number of carbonyl (C=O) groups is 1. The Balaban J connectivity index is 1.68. The fourth-order valence-electron chi connectivity index (χ4n) is 5.45. The zero-order chi connectivity index (χ0) is 22.0. The maximum Gasteiger partial charge on any atom is 0.265 e. The van der Waals surface area contributed by atoms with Crippen molar-refractivity contribution in [1.82, 2.24) is 20.5 Å². The lowest BCUT2D eigenvalue weighted by Gasteiger charge is -2.42. The van der Waals surface area contributed by atoms with Crippen molar-refractivity contribution in [1.29, 1.82) is 0 Å². The van der Waals surface area contributed by atoms with Crippen LogP contribution in [0.15, 0.2) is 30.5 Å². The summed E-state index contributed by atoms with van der Waals surface area (Å²) in [6.45, 7) is 5.61. The SMILES string of the molecule is C[C@@H]1CNC[C@](NC(=O)CC2CCCN(C)C2)(c2ccc(C(F)F)c3ncccc23)C1. The van der Waals surface area contributed by atoms with Crippen molar-refractivity contribution >= 4 is 16.8 Å². The van der Waals surface area contributed by atoms with Crippen molar-refractivity contribution < 1.29 is 13.6 Å². The Bertz CT molecular complexity index is 937. The number of carbonyl (C=O) groups excluding carboxylic acids is 1. The number of likely N-dealkylation sites (tertiary alicyclic amines) is 1. The largest absolute Gasteiger partial charge is 0.345 e. The van der Waals surface area contributed by atoms with Crippen molar-refractivity contribution in [3.05, 3.63) is 41.6 Å². The molecule has 0 aliphatic carbocycles. The third kappa shape index (κ3) is 4.72. The number of amides is 1. The van der Waals surface area contributed by atoms with Crippen LogP contribution in [0.25, 0.3) is 10.9 Å². The Hall–Kier alpha value is -2.12. The zero-order valence-electron chi connectivity index (χ0n) is 18.3. The van der Waals surface area contributed by atoms with Crippen LogP contribution in [-0.4, -0.2) is 49.0 Å². The number of hydrogen-bond acceptors (Lipinski definition) is 4. The lowest BCUT2D eigenvalue weighted by molar-refractivity contribution is -0.125. The van der Waals surface area contributed by atoms with E-state index in [1.54, 1.807) is 18.3 Å². The van der Waals surface area contributed by atoms with Gasteiger partial charge < -0.3 is 15.5 Å². The summed E-state index contributed by atoms with van der Waals surface area (Å²) in [4.78, 5) is 19.7. The lowest BCUT2D eigenvalue weighted by Crippen LogP contribution is -2.57. The predicted octanol–water partition coefficient (Wildman–Crippen LogP) is 3.85. The van der Waals surface area contributed by atoms with Crippen LogP contribution < -0.4 is 10.6 Å². The summed E-state index contributed by atoms with van der Waals surface area (Å²) >= 11 is 0. The molecule has 31 heavy (non-hydrogen) atoms. The van der Waals surface area contributed by atoms with Gasteiger partial charge in [-0.25, -0.2) is 8.78 Å². The summed E-state index contributed by atoms with van der Waals surface area (Å²) in [5.41, 5.74) is 0.476. The minimum atomic E-state index is -2.59. The second kappa shape index (κ2) is 9.17. The van der Waals surface area contributed by atoms with Crippen LogP contribution in [0.4, 0.5) is 8.78 Å². The van der Waals surface area contributed by atoms with Gasteiger partial charge in [-0.3, -0.25) is 9.78 Å². The van der Waals surface area contributed by atoms with E-state index in [2.05, 4.69) is 34.5 Å². The summed E-state index contributed by atoms with van der Waals surface area (Å²) in [5, 5.41) is 7.49. The first-order valence-electron chi connectivity index (χ1n) is 11.2. The van der Waals surface area contributed by atoms with E-state index in [4.69, 9.17) is 0 Å². The van der Waals surface area contributed by atoms with E-state index in [1.807, 2.05) is 6.07 Å². The molecular weight excluding hydrogens is 398 g/mol. The molecule has 1 aromatic heterocycles. The Labute approximate surface area is 182 Å². The highest BCUT2D eigenvalue weighted by molar-refractivity contribution is 5.87. The quantitative estimate of drug-likeness (QED) is 0.757. The van der Waals surface area contributed by atoms with E-state index in [1.165, 1.54) is 6.07 Å². The molecule has 3 atom stereocenters. The van der Waals surface area contributed by atoms with Gasteiger partial charge in [0.05, 0.1) is 11.1 Å².